The average molecular weight is 887 g/mol. The molecule has 2 aromatic rings. The number of carbonyl (C=O) groups excluding carboxylic acids is 2. The summed E-state index contributed by atoms with van der Waals surface area (Å²) in [4.78, 5) is 31.5. The van der Waals surface area contributed by atoms with Crippen LogP contribution in [-0.4, -0.2) is 61.1 Å². The van der Waals surface area contributed by atoms with Crippen molar-refractivity contribution in [1.82, 2.24) is 9.80 Å². The molecule has 2 aromatic carbocycles. The summed E-state index contributed by atoms with van der Waals surface area (Å²) in [5.74, 6) is -3.94. The Balaban J connectivity index is 1.94. The van der Waals surface area contributed by atoms with E-state index in [9.17, 15) is 9.59 Å². The van der Waals surface area contributed by atoms with Crippen LogP contribution in [0.25, 0.3) is 0 Å². The van der Waals surface area contributed by atoms with E-state index in [2.05, 4.69) is 13.8 Å². The van der Waals surface area contributed by atoms with Crippen molar-refractivity contribution >= 4 is 19.6 Å². The second-order valence-corrected chi connectivity index (χ2v) is 23.8. The molecule has 0 atom stereocenters. The van der Waals surface area contributed by atoms with Crippen LogP contribution in [0.4, 0.5) is 17.6 Å². The van der Waals surface area contributed by atoms with Gasteiger partial charge in [0.2, 0.25) is 0 Å². The van der Waals surface area contributed by atoms with Gasteiger partial charge in [-0.25, -0.2) is 0 Å². The number of halogens is 4. The molecule has 4 rings (SSSR count). The summed E-state index contributed by atoms with van der Waals surface area (Å²) >= 11 is -5.24. The molecule has 0 unspecified atom stereocenters. The zero-order valence-corrected chi connectivity index (χ0v) is 39.6. The van der Waals surface area contributed by atoms with Crippen LogP contribution >= 0.6 is 0 Å². The van der Waals surface area contributed by atoms with E-state index in [0.717, 1.165) is 38.5 Å². The van der Waals surface area contributed by atoms with Crippen LogP contribution in [0.15, 0.2) is 68.5 Å². The first-order valence-corrected chi connectivity index (χ1v) is 25.7. The Bertz CT molecular complexity index is 1800. The molecule has 336 valence electrons. The van der Waals surface area contributed by atoms with Crippen LogP contribution in [0.5, 0.6) is 0 Å². The Morgan fingerprint density at radius 3 is 1.33 bits per heavy atom. The Kier molecular flexibility index (Phi) is 19.3. The Morgan fingerprint density at radius 1 is 0.607 bits per heavy atom. The van der Waals surface area contributed by atoms with E-state index in [0.29, 0.717) is 33.8 Å². The number of unbranched alkanes of at least 4 members (excludes halogenated alkanes) is 2. The van der Waals surface area contributed by atoms with Crippen molar-refractivity contribution in [3.8, 4) is 0 Å². The Morgan fingerprint density at radius 2 is 1.00 bits per heavy atom. The number of carbonyl (C=O) groups is 2. The maximum absolute atomic E-state index is 17.9. The SMILES string of the molecule is CCCCOCCN(Cc1ccc(F)[c]([Ti]([C]2=CC=CC2)([C]2=CC=CC2)[c]2c(F)ccc(CN(CCOCCCC)C(=O)C(C)(C)CCC)c2F)c1F)C(=O)C(C)(C)CCC. The van der Waals surface area contributed by atoms with Gasteiger partial charge in [0.1, 0.15) is 0 Å². The van der Waals surface area contributed by atoms with Crippen LogP contribution in [0.2, 0.25) is 0 Å². The fraction of sp³-hybridized carbons (Fsp3) is 0.560. The van der Waals surface area contributed by atoms with Gasteiger partial charge in [0, 0.05) is 0 Å². The molecule has 0 saturated carbocycles. The molecular formula is C50H70F4N2O4Ti. The zero-order valence-electron chi connectivity index (χ0n) is 38.0. The number of amides is 2. The van der Waals surface area contributed by atoms with E-state index in [1.165, 1.54) is 24.3 Å². The molecule has 61 heavy (non-hydrogen) atoms. The van der Waals surface area contributed by atoms with Gasteiger partial charge in [0.05, 0.1) is 0 Å². The van der Waals surface area contributed by atoms with Crippen molar-refractivity contribution in [2.75, 3.05) is 39.5 Å². The summed E-state index contributed by atoms with van der Waals surface area (Å²) in [6.45, 7) is 17.2. The fourth-order valence-electron chi connectivity index (χ4n) is 8.83. The Labute approximate surface area is 366 Å². The fourth-order valence-corrected chi connectivity index (χ4v) is 17.2. The molecule has 6 nitrogen and oxygen atoms in total. The third-order valence-electron chi connectivity index (χ3n) is 12.1. The summed E-state index contributed by atoms with van der Waals surface area (Å²) in [5.41, 5.74) is -1.38. The van der Waals surface area contributed by atoms with Crippen LogP contribution in [0.3, 0.4) is 0 Å². The predicted octanol–water partition coefficient (Wildman–Crippen LogP) is 11.0. The summed E-state index contributed by atoms with van der Waals surface area (Å²) < 4.78 is 82.1. The number of nitrogens with zero attached hydrogens (tertiary/aromatic N) is 2. The molecular weight excluding hydrogens is 816 g/mol. The number of benzene rings is 2. The van der Waals surface area contributed by atoms with E-state index < -0.39 is 50.7 Å². The first-order chi connectivity index (χ1) is 29.1. The molecule has 2 aliphatic carbocycles. The third-order valence-corrected chi connectivity index (χ3v) is 20.0. The monoisotopic (exact) mass is 886 g/mol. The third kappa shape index (κ3) is 12.0. The van der Waals surface area contributed by atoms with Gasteiger partial charge in [-0.3, -0.25) is 0 Å². The molecule has 0 heterocycles. The number of ether oxygens (including phenoxy) is 2. The molecule has 0 fully saturated rings. The van der Waals surface area contributed by atoms with Gasteiger partial charge in [-0.15, -0.1) is 0 Å². The zero-order chi connectivity index (χ0) is 44.8. The second kappa shape index (κ2) is 23.4. The quantitative estimate of drug-likeness (QED) is 0.0536. The van der Waals surface area contributed by atoms with Crippen LogP contribution < -0.4 is 7.74 Å². The van der Waals surface area contributed by atoms with Crippen LogP contribution in [0.1, 0.15) is 131 Å². The van der Waals surface area contributed by atoms with E-state index in [1.54, 1.807) is 34.1 Å². The van der Waals surface area contributed by atoms with Crippen molar-refractivity contribution in [3.63, 3.8) is 0 Å². The molecule has 0 N–H and O–H groups in total. The van der Waals surface area contributed by atoms with Gasteiger partial charge in [-0.05, 0) is 0 Å². The normalized spacial score (nSPS) is 14.2. The molecule has 0 spiro atoms. The van der Waals surface area contributed by atoms with Crippen LogP contribution in [-0.2, 0) is 48.7 Å². The summed E-state index contributed by atoms with van der Waals surface area (Å²) in [6, 6.07) is 5.07. The Hall–Kier alpha value is -3.31. The van der Waals surface area contributed by atoms with Crippen molar-refractivity contribution in [2.45, 2.75) is 133 Å². The molecule has 0 radical (unpaired) electrons. The van der Waals surface area contributed by atoms with Gasteiger partial charge in [0.25, 0.3) is 0 Å². The van der Waals surface area contributed by atoms with Gasteiger partial charge in [0.15, 0.2) is 0 Å². The van der Waals surface area contributed by atoms with Crippen molar-refractivity contribution in [2.24, 2.45) is 10.8 Å². The van der Waals surface area contributed by atoms with E-state index in [1.807, 2.05) is 53.7 Å². The first-order valence-electron chi connectivity index (χ1n) is 22.5. The molecule has 0 aromatic heterocycles. The summed E-state index contributed by atoms with van der Waals surface area (Å²) in [6.07, 6.45) is 17.7. The molecule has 2 aliphatic rings. The van der Waals surface area contributed by atoms with E-state index in [-0.39, 0.29) is 82.9 Å². The van der Waals surface area contributed by atoms with Gasteiger partial charge < -0.3 is 0 Å². The summed E-state index contributed by atoms with van der Waals surface area (Å²) in [7, 11) is 0. The number of allylic oxidation sites excluding steroid dienone is 8. The molecule has 0 saturated heterocycles. The summed E-state index contributed by atoms with van der Waals surface area (Å²) in [5, 5.41) is 0. The maximum atomic E-state index is 17.9. The standard InChI is InChI=1S/2C20H30F2NO2.2C5H5.Ti/c2*1-5-7-12-25-13-11-23(19(24)20(3,4)10-6-2)15-16-8-9-17(21)14-18(16)22;2*1-2-4-5-3-1;/h2*8-9H,5-7,10-13,15H2,1-4H3;2*1-3H,4H2;. The minimum absolute atomic E-state index is 0.0636. The van der Waals surface area contributed by atoms with Gasteiger partial charge >= 0.3 is 368 Å². The van der Waals surface area contributed by atoms with Crippen molar-refractivity contribution in [3.05, 3.63) is 103 Å². The van der Waals surface area contributed by atoms with Crippen molar-refractivity contribution < 1.29 is 53.2 Å². The molecule has 2 amide bonds. The molecule has 11 heteroatoms. The molecule has 0 bridgehead atoms. The second-order valence-electron chi connectivity index (χ2n) is 17.8. The van der Waals surface area contributed by atoms with Gasteiger partial charge in [-0.1, -0.05) is 0 Å². The van der Waals surface area contributed by atoms with Crippen LogP contribution in [0, 0.1) is 34.1 Å². The topological polar surface area (TPSA) is 59.1 Å². The van der Waals surface area contributed by atoms with E-state index in [4.69, 9.17) is 9.47 Å². The average Bonchev–Trinajstić information content (AvgIpc) is 3.97. The van der Waals surface area contributed by atoms with Gasteiger partial charge in [-0.2, -0.15) is 0 Å². The molecule has 0 aliphatic heterocycles. The number of rotatable bonds is 26. The minimum atomic E-state index is -5.24. The van der Waals surface area contributed by atoms with E-state index >= 15 is 17.6 Å². The first kappa shape index (κ1) is 50.3. The van der Waals surface area contributed by atoms with Crippen molar-refractivity contribution in [1.29, 1.82) is 0 Å². The predicted molar refractivity (Wildman–Crippen MR) is 235 cm³/mol. The number of hydrogen-bond donors (Lipinski definition) is 0. The number of hydrogen-bond acceptors (Lipinski definition) is 4.